The number of carbonyl (C=O) groups is 2. The molecule has 1 atom stereocenters. The van der Waals surface area contributed by atoms with Gasteiger partial charge in [0.25, 0.3) is 5.91 Å². The number of halogens is 5. The van der Waals surface area contributed by atoms with Crippen LogP contribution in [0.25, 0.3) is 0 Å². The first-order valence-corrected chi connectivity index (χ1v) is 7.87. The molecule has 4 nitrogen and oxygen atoms in total. The van der Waals surface area contributed by atoms with E-state index in [4.69, 9.17) is 4.74 Å². The Morgan fingerprint density at radius 1 is 0.963 bits per heavy atom. The molecule has 1 saturated carbocycles. The fourth-order valence-corrected chi connectivity index (χ4v) is 2.31. The predicted molar refractivity (Wildman–Crippen MR) is 82.0 cm³/mol. The Bertz CT molecular complexity index is 897. The van der Waals surface area contributed by atoms with Gasteiger partial charge in [-0.2, -0.15) is 0 Å². The van der Waals surface area contributed by atoms with E-state index in [1.54, 1.807) is 0 Å². The molecular formula is C18H12F5NO3. The molecule has 2 aromatic carbocycles. The van der Waals surface area contributed by atoms with Crippen LogP contribution in [0.1, 0.15) is 34.9 Å². The lowest BCUT2D eigenvalue weighted by atomic mass is 10.1. The van der Waals surface area contributed by atoms with E-state index in [0.717, 1.165) is 25.0 Å². The molecule has 0 aromatic heterocycles. The Balaban J connectivity index is 1.90. The second kappa shape index (κ2) is 7.34. The second-order valence-electron chi connectivity index (χ2n) is 5.97. The van der Waals surface area contributed by atoms with Gasteiger partial charge in [0.2, 0.25) is 6.10 Å². The van der Waals surface area contributed by atoms with Gasteiger partial charge in [0.15, 0.2) is 23.3 Å². The molecule has 3 rings (SSSR count). The highest BCUT2D eigenvalue weighted by molar-refractivity contribution is 5.93. The molecule has 1 amide bonds. The summed E-state index contributed by atoms with van der Waals surface area (Å²) in [6, 6.07) is 4.38. The number of amides is 1. The highest BCUT2D eigenvalue weighted by atomic mass is 19.2. The number of esters is 1. The van der Waals surface area contributed by atoms with Gasteiger partial charge in [0, 0.05) is 11.6 Å². The van der Waals surface area contributed by atoms with Crippen LogP contribution in [-0.2, 0) is 9.53 Å². The van der Waals surface area contributed by atoms with Crippen molar-refractivity contribution in [2.45, 2.75) is 25.0 Å². The number of benzene rings is 2. The van der Waals surface area contributed by atoms with E-state index in [-0.39, 0.29) is 17.7 Å². The fourth-order valence-electron chi connectivity index (χ4n) is 2.31. The molecule has 9 heteroatoms. The van der Waals surface area contributed by atoms with Crippen LogP contribution in [0.15, 0.2) is 30.3 Å². The highest BCUT2D eigenvalue weighted by Crippen LogP contribution is 2.26. The van der Waals surface area contributed by atoms with Crippen LogP contribution in [0.4, 0.5) is 22.0 Å². The minimum atomic E-state index is -2.18. The van der Waals surface area contributed by atoms with Crippen LogP contribution in [0, 0.1) is 29.1 Å². The third-order valence-corrected chi connectivity index (χ3v) is 3.88. The molecule has 142 valence electrons. The minimum absolute atomic E-state index is 0.0614. The van der Waals surface area contributed by atoms with E-state index < -0.39 is 52.6 Å². The van der Waals surface area contributed by atoms with Gasteiger partial charge in [0.1, 0.15) is 11.4 Å². The lowest BCUT2D eigenvalue weighted by Crippen LogP contribution is -2.33. The van der Waals surface area contributed by atoms with Crippen molar-refractivity contribution in [3.63, 3.8) is 0 Å². The molecule has 0 heterocycles. The first-order chi connectivity index (χ1) is 12.8. The van der Waals surface area contributed by atoms with Gasteiger partial charge in [-0.15, -0.1) is 0 Å². The van der Waals surface area contributed by atoms with E-state index in [9.17, 15) is 31.5 Å². The fraction of sp³-hybridized carbons (Fsp3) is 0.222. The maximum atomic E-state index is 13.8. The molecule has 27 heavy (non-hydrogen) atoms. The lowest BCUT2D eigenvalue weighted by molar-refractivity contribution is -0.130. The van der Waals surface area contributed by atoms with Crippen LogP contribution >= 0.6 is 0 Å². The summed E-state index contributed by atoms with van der Waals surface area (Å²) in [7, 11) is 0. The summed E-state index contributed by atoms with van der Waals surface area (Å²) in [6.07, 6.45) is -0.174. The molecule has 0 radical (unpaired) electrons. The van der Waals surface area contributed by atoms with Crippen LogP contribution in [0.3, 0.4) is 0 Å². The zero-order valence-electron chi connectivity index (χ0n) is 13.6. The molecule has 1 aliphatic carbocycles. The van der Waals surface area contributed by atoms with E-state index >= 15 is 0 Å². The number of rotatable bonds is 5. The third-order valence-electron chi connectivity index (χ3n) is 3.88. The summed E-state index contributed by atoms with van der Waals surface area (Å²) in [5.41, 5.74) is -1.15. The average Bonchev–Trinajstić information content (AvgIpc) is 3.45. The van der Waals surface area contributed by atoms with Crippen molar-refractivity contribution in [2.75, 3.05) is 0 Å². The molecular weight excluding hydrogens is 373 g/mol. The summed E-state index contributed by atoms with van der Waals surface area (Å²) in [5.74, 6) is -10.9. The first kappa shape index (κ1) is 18.8. The van der Waals surface area contributed by atoms with Crippen molar-refractivity contribution in [2.24, 2.45) is 0 Å². The van der Waals surface area contributed by atoms with Gasteiger partial charge >= 0.3 is 5.97 Å². The lowest BCUT2D eigenvalue weighted by Gasteiger charge is -2.18. The van der Waals surface area contributed by atoms with Crippen molar-refractivity contribution in [1.82, 2.24) is 5.32 Å². The maximum Gasteiger partial charge on any atom is 0.342 e. The quantitative estimate of drug-likeness (QED) is 0.371. The predicted octanol–water partition coefficient (Wildman–Crippen LogP) is 3.56. The van der Waals surface area contributed by atoms with Crippen molar-refractivity contribution < 1.29 is 36.3 Å². The molecule has 0 bridgehead atoms. The number of ether oxygens (including phenoxy) is 1. The largest absolute Gasteiger partial charge is 0.444 e. The second-order valence-corrected chi connectivity index (χ2v) is 5.97. The van der Waals surface area contributed by atoms with Gasteiger partial charge < -0.3 is 10.1 Å². The van der Waals surface area contributed by atoms with E-state index in [2.05, 4.69) is 5.32 Å². The standard InChI is InChI=1S/C18H12F5NO3/c19-9-3-1-8(2-4-9)16(17(25)24-10-5-6-10)27-18(26)11-7-12(20)14(22)15(23)13(11)21/h1-4,7,10,16H,5-6H2,(H,24,25)/t16-/m1/s1. The van der Waals surface area contributed by atoms with E-state index in [1.165, 1.54) is 12.1 Å². The zero-order chi connectivity index (χ0) is 19.7. The molecule has 0 unspecified atom stereocenters. The van der Waals surface area contributed by atoms with Crippen LogP contribution in [0.5, 0.6) is 0 Å². The molecule has 1 N–H and O–H groups in total. The Morgan fingerprint density at radius 2 is 1.59 bits per heavy atom. The monoisotopic (exact) mass is 385 g/mol. The van der Waals surface area contributed by atoms with Crippen molar-refractivity contribution >= 4 is 11.9 Å². The summed E-state index contributed by atoms with van der Waals surface area (Å²) in [4.78, 5) is 24.5. The first-order valence-electron chi connectivity index (χ1n) is 7.87. The third kappa shape index (κ3) is 4.07. The molecule has 0 aliphatic heterocycles. The van der Waals surface area contributed by atoms with Gasteiger partial charge in [-0.3, -0.25) is 4.79 Å². The molecule has 1 aliphatic rings. The summed E-state index contributed by atoms with van der Waals surface area (Å²) < 4.78 is 71.5. The number of nitrogens with one attached hydrogen (secondary N) is 1. The van der Waals surface area contributed by atoms with Crippen molar-refractivity contribution in [1.29, 1.82) is 0 Å². The summed E-state index contributed by atoms with van der Waals surface area (Å²) in [5, 5.41) is 2.56. The van der Waals surface area contributed by atoms with E-state index in [1.807, 2.05) is 0 Å². The molecule has 2 aromatic rings. The SMILES string of the molecule is O=C(O[C@@H](C(=O)NC1CC1)c1ccc(F)cc1)c1cc(F)c(F)c(F)c1F. The number of hydrogen-bond acceptors (Lipinski definition) is 3. The number of hydrogen-bond donors (Lipinski definition) is 1. The molecule has 0 spiro atoms. The van der Waals surface area contributed by atoms with Crippen LogP contribution in [0.2, 0.25) is 0 Å². The zero-order valence-corrected chi connectivity index (χ0v) is 13.6. The Hall–Kier alpha value is -2.97. The molecule has 1 fully saturated rings. The van der Waals surface area contributed by atoms with Crippen molar-refractivity contribution in [3.05, 3.63) is 70.5 Å². The van der Waals surface area contributed by atoms with Crippen molar-refractivity contribution in [3.8, 4) is 0 Å². The Kier molecular flexibility index (Phi) is 5.11. The average molecular weight is 385 g/mol. The van der Waals surface area contributed by atoms with Gasteiger partial charge in [-0.25, -0.2) is 26.7 Å². The van der Waals surface area contributed by atoms with Crippen LogP contribution < -0.4 is 5.32 Å². The van der Waals surface area contributed by atoms with E-state index in [0.29, 0.717) is 0 Å². The van der Waals surface area contributed by atoms with Gasteiger partial charge in [-0.05, 0) is 31.0 Å². The summed E-state index contributed by atoms with van der Waals surface area (Å²) >= 11 is 0. The molecule has 0 saturated heterocycles. The Morgan fingerprint density at radius 3 is 2.19 bits per heavy atom. The smallest absolute Gasteiger partial charge is 0.342 e. The normalized spacial score (nSPS) is 14.6. The Labute approximate surface area is 149 Å². The topological polar surface area (TPSA) is 55.4 Å². The number of carbonyl (C=O) groups excluding carboxylic acids is 2. The van der Waals surface area contributed by atoms with Gasteiger partial charge in [0.05, 0.1) is 0 Å². The minimum Gasteiger partial charge on any atom is -0.444 e. The van der Waals surface area contributed by atoms with Gasteiger partial charge in [-0.1, -0.05) is 12.1 Å². The maximum absolute atomic E-state index is 13.8. The highest BCUT2D eigenvalue weighted by Gasteiger charge is 2.33. The van der Waals surface area contributed by atoms with Crippen LogP contribution in [-0.4, -0.2) is 17.9 Å². The summed E-state index contributed by atoms with van der Waals surface area (Å²) in [6.45, 7) is 0.